The molecule has 0 unspecified atom stereocenters. The molecule has 0 aliphatic carbocycles. The van der Waals surface area contributed by atoms with Crippen molar-refractivity contribution in [2.45, 2.75) is 32.7 Å². The Balaban J connectivity index is 2.58. The van der Waals surface area contributed by atoms with Gasteiger partial charge in [0.05, 0.1) is 0 Å². The van der Waals surface area contributed by atoms with Crippen LogP contribution in [0.1, 0.15) is 23.8 Å². The molecule has 1 rings (SSSR count). The summed E-state index contributed by atoms with van der Waals surface area (Å²) in [4.78, 5) is 1.42. The van der Waals surface area contributed by atoms with Crippen LogP contribution in [-0.2, 0) is 6.42 Å². The lowest BCUT2D eigenvalue weighted by Gasteiger charge is -2.02. The molecule has 1 nitrogen and oxygen atoms in total. The molecule has 0 saturated heterocycles. The minimum Gasteiger partial charge on any atom is -0.328 e. The van der Waals surface area contributed by atoms with E-state index in [1.165, 1.54) is 14.9 Å². The average Bonchev–Trinajstić information content (AvgIpc) is 2.30. The van der Waals surface area contributed by atoms with Gasteiger partial charge in [-0.15, -0.1) is 11.3 Å². The smallest absolute Gasteiger partial charge is 0.0343 e. The number of thiophene rings is 1. The first kappa shape index (κ1) is 10.2. The van der Waals surface area contributed by atoms with Crippen LogP contribution in [0.15, 0.2) is 9.85 Å². The summed E-state index contributed by atoms with van der Waals surface area (Å²) < 4.78 is 1.27. The van der Waals surface area contributed by atoms with Gasteiger partial charge < -0.3 is 5.73 Å². The Morgan fingerprint density at radius 3 is 2.75 bits per heavy atom. The minimum atomic E-state index is 0.305. The molecule has 2 N–H and O–H groups in total. The summed E-state index contributed by atoms with van der Waals surface area (Å²) in [5, 5.41) is 2.18. The Bertz CT molecular complexity index is 255. The summed E-state index contributed by atoms with van der Waals surface area (Å²) in [7, 11) is 0. The van der Waals surface area contributed by atoms with Crippen LogP contribution in [0.2, 0.25) is 0 Å². The molecule has 0 bridgehead atoms. The molecule has 1 atom stereocenters. The van der Waals surface area contributed by atoms with Crippen molar-refractivity contribution in [2.75, 3.05) is 0 Å². The van der Waals surface area contributed by atoms with Crippen molar-refractivity contribution in [3.8, 4) is 0 Å². The average molecular weight is 248 g/mol. The lowest BCUT2D eigenvalue weighted by molar-refractivity contribution is 0.669. The molecule has 1 aromatic rings. The summed E-state index contributed by atoms with van der Waals surface area (Å²) >= 11 is 5.39. The fourth-order valence-electron chi connectivity index (χ4n) is 1.01. The summed E-state index contributed by atoms with van der Waals surface area (Å²) in [6, 6.07) is 0.305. The maximum Gasteiger partial charge on any atom is 0.0343 e. The van der Waals surface area contributed by atoms with Crippen molar-refractivity contribution < 1.29 is 0 Å². The summed E-state index contributed by atoms with van der Waals surface area (Å²) in [6.07, 6.45) is 2.16. The van der Waals surface area contributed by atoms with Gasteiger partial charge in [0.1, 0.15) is 0 Å². The van der Waals surface area contributed by atoms with Crippen LogP contribution in [-0.4, -0.2) is 6.04 Å². The number of rotatable bonds is 3. The van der Waals surface area contributed by atoms with Gasteiger partial charge in [-0.3, -0.25) is 0 Å². The molecule has 0 spiro atoms. The van der Waals surface area contributed by atoms with Crippen LogP contribution in [0.4, 0.5) is 0 Å². The van der Waals surface area contributed by atoms with Gasteiger partial charge in [-0.2, -0.15) is 0 Å². The van der Waals surface area contributed by atoms with Crippen LogP contribution in [0.5, 0.6) is 0 Å². The standard InChI is InChI=1S/C9H14BrNS/c1-6-5-12-8(9(6)10)4-3-7(2)11/h5,7H,3-4,11H2,1-2H3/t7-/m0/s1. The topological polar surface area (TPSA) is 26.0 Å². The Labute approximate surface area is 86.1 Å². The van der Waals surface area contributed by atoms with Gasteiger partial charge in [-0.25, -0.2) is 0 Å². The van der Waals surface area contributed by atoms with E-state index in [1.54, 1.807) is 0 Å². The van der Waals surface area contributed by atoms with Crippen LogP contribution >= 0.6 is 27.3 Å². The van der Waals surface area contributed by atoms with Gasteiger partial charge in [-0.1, -0.05) is 0 Å². The molecule has 68 valence electrons. The predicted molar refractivity (Wildman–Crippen MR) is 58.7 cm³/mol. The molecular weight excluding hydrogens is 234 g/mol. The minimum absolute atomic E-state index is 0.305. The number of halogens is 1. The third-order valence-corrected chi connectivity index (χ3v) is 4.33. The van der Waals surface area contributed by atoms with Crippen molar-refractivity contribution in [3.05, 3.63) is 20.3 Å². The van der Waals surface area contributed by atoms with E-state index in [2.05, 4.69) is 28.2 Å². The molecular formula is C9H14BrNS. The molecule has 0 saturated carbocycles. The Hall–Kier alpha value is 0.140. The van der Waals surface area contributed by atoms with E-state index in [4.69, 9.17) is 5.73 Å². The summed E-state index contributed by atoms with van der Waals surface area (Å²) in [6.45, 7) is 4.17. The molecule has 0 radical (unpaired) electrons. The highest BCUT2D eigenvalue weighted by atomic mass is 79.9. The molecule has 0 aliphatic heterocycles. The van der Waals surface area contributed by atoms with E-state index in [1.807, 2.05) is 18.3 Å². The zero-order valence-electron chi connectivity index (χ0n) is 7.43. The fraction of sp³-hybridized carbons (Fsp3) is 0.556. The van der Waals surface area contributed by atoms with Crippen molar-refractivity contribution in [2.24, 2.45) is 5.73 Å². The molecule has 0 amide bonds. The SMILES string of the molecule is Cc1csc(CC[C@H](C)N)c1Br. The Kier molecular flexibility index (Phi) is 3.75. The molecule has 0 aliphatic rings. The zero-order valence-corrected chi connectivity index (χ0v) is 9.83. The van der Waals surface area contributed by atoms with E-state index in [0.29, 0.717) is 6.04 Å². The summed E-state index contributed by atoms with van der Waals surface area (Å²) in [5.74, 6) is 0. The Morgan fingerprint density at radius 1 is 1.67 bits per heavy atom. The number of aryl methyl sites for hydroxylation is 2. The van der Waals surface area contributed by atoms with Crippen LogP contribution in [0.3, 0.4) is 0 Å². The van der Waals surface area contributed by atoms with Gasteiger partial charge in [0.25, 0.3) is 0 Å². The second kappa shape index (κ2) is 4.40. The predicted octanol–water partition coefficient (Wildman–Crippen LogP) is 3.10. The Morgan fingerprint density at radius 2 is 2.33 bits per heavy atom. The molecule has 12 heavy (non-hydrogen) atoms. The normalized spacial score (nSPS) is 13.3. The van der Waals surface area contributed by atoms with E-state index in [9.17, 15) is 0 Å². The van der Waals surface area contributed by atoms with Crippen molar-refractivity contribution in [1.82, 2.24) is 0 Å². The van der Waals surface area contributed by atoms with Gasteiger partial charge in [0.15, 0.2) is 0 Å². The number of hydrogen-bond acceptors (Lipinski definition) is 2. The molecule has 1 heterocycles. The first-order chi connectivity index (χ1) is 5.61. The molecule has 3 heteroatoms. The van der Waals surface area contributed by atoms with Crippen molar-refractivity contribution in [3.63, 3.8) is 0 Å². The maximum atomic E-state index is 5.69. The largest absolute Gasteiger partial charge is 0.328 e. The van der Waals surface area contributed by atoms with E-state index < -0.39 is 0 Å². The second-order valence-electron chi connectivity index (χ2n) is 3.17. The summed E-state index contributed by atoms with van der Waals surface area (Å²) in [5.41, 5.74) is 7.02. The van der Waals surface area contributed by atoms with Gasteiger partial charge in [0.2, 0.25) is 0 Å². The lowest BCUT2D eigenvalue weighted by atomic mass is 10.1. The third kappa shape index (κ3) is 2.57. The van der Waals surface area contributed by atoms with E-state index in [0.717, 1.165) is 12.8 Å². The van der Waals surface area contributed by atoms with Crippen molar-refractivity contribution >= 4 is 27.3 Å². The highest BCUT2D eigenvalue weighted by molar-refractivity contribution is 9.10. The van der Waals surface area contributed by atoms with Crippen LogP contribution in [0, 0.1) is 6.92 Å². The maximum absolute atomic E-state index is 5.69. The van der Waals surface area contributed by atoms with E-state index in [-0.39, 0.29) is 0 Å². The van der Waals surface area contributed by atoms with Gasteiger partial charge >= 0.3 is 0 Å². The first-order valence-electron chi connectivity index (χ1n) is 4.09. The van der Waals surface area contributed by atoms with Gasteiger partial charge in [0, 0.05) is 15.4 Å². The molecule has 0 fully saturated rings. The zero-order chi connectivity index (χ0) is 9.14. The van der Waals surface area contributed by atoms with Gasteiger partial charge in [-0.05, 0) is 53.6 Å². The number of hydrogen-bond donors (Lipinski definition) is 1. The highest BCUT2D eigenvalue weighted by Crippen LogP contribution is 2.28. The monoisotopic (exact) mass is 247 g/mol. The highest BCUT2D eigenvalue weighted by Gasteiger charge is 2.05. The molecule has 0 aromatic carbocycles. The van der Waals surface area contributed by atoms with E-state index >= 15 is 0 Å². The van der Waals surface area contributed by atoms with Crippen LogP contribution in [0.25, 0.3) is 0 Å². The first-order valence-corrected chi connectivity index (χ1v) is 5.76. The lowest BCUT2D eigenvalue weighted by Crippen LogP contribution is -2.15. The fourth-order valence-corrected chi connectivity index (χ4v) is 2.69. The molecule has 1 aromatic heterocycles. The third-order valence-electron chi connectivity index (χ3n) is 1.80. The van der Waals surface area contributed by atoms with Crippen molar-refractivity contribution in [1.29, 1.82) is 0 Å². The second-order valence-corrected chi connectivity index (χ2v) is 4.93. The number of nitrogens with two attached hydrogens (primary N) is 1. The quantitative estimate of drug-likeness (QED) is 0.873. The van der Waals surface area contributed by atoms with Crippen LogP contribution < -0.4 is 5.73 Å².